The number of ether oxygens (including phenoxy) is 1. The number of nitrogens with zero attached hydrogens (tertiary/aromatic N) is 1. The molecule has 1 aliphatic rings. The van der Waals surface area contributed by atoms with Crippen molar-refractivity contribution in [2.75, 3.05) is 7.05 Å². The summed E-state index contributed by atoms with van der Waals surface area (Å²) >= 11 is 0. The Labute approximate surface area is 102 Å². The van der Waals surface area contributed by atoms with Crippen LogP contribution in [0.15, 0.2) is 0 Å². The van der Waals surface area contributed by atoms with E-state index in [4.69, 9.17) is 9.84 Å². The first-order valence-electron chi connectivity index (χ1n) is 6.05. The average Bonchev–Trinajstić information content (AvgIpc) is 2.69. The van der Waals surface area contributed by atoms with E-state index in [2.05, 4.69) is 0 Å². The highest BCUT2D eigenvalue weighted by molar-refractivity contribution is 5.83. The molecule has 5 nitrogen and oxygen atoms in total. The summed E-state index contributed by atoms with van der Waals surface area (Å²) in [4.78, 5) is 23.7. The molecule has 0 spiro atoms. The zero-order valence-electron chi connectivity index (χ0n) is 10.7. The molecule has 1 fully saturated rings. The molecule has 0 aliphatic carbocycles. The van der Waals surface area contributed by atoms with E-state index in [0.29, 0.717) is 12.8 Å². The zero-order chi connectivity index (χ0) is 13.0. The average molecular weight is 243 g/mol. The Balaban J connectivity index is 2.31. The Morgan fingerprint density at radius 2 is 2.12 bits per heavy atom. The quantitative estimate of drug-likeness (QED) is 0.789. The van der Waals surface area contributed by atoms with Gasteiger partial charge in [0.15, 0.2) is 0 Å². The topological polar surface area (TPSA) is 66.8 Å². The minimum atomic E-state index is -0.980. The molecular weight excluding hydrogens is 222 g/mol. The zero-order valence-corrected chi connectivity index (χ0v) is 10.7. The normalized spacial score (nSPS) is 25.6. The lowest BCUT2D eigenvalue weighted by molar-refractivity contribution is -0.148. The Morgan fingerprint density at radius 1 is 1.47 bits per heavy atom. The van der Waals surface area contributed by atoms with Gasteiger partial charge < -0.3 is 14.7 Å². The molecule has 1 amide bonds. The number of rotatable bonds is 5. The number of hydrogen-bond acceptors (Lipinski definition) is 3. The third-order valence-corrected chi connectivity index (χ3v) is 3.33. The van der Waals surface area contributed by atoms with E-state index < -0.39 is 12.0 Å². The van der Waals surface area contributed by atoms with Gasteiger partial charge in [0.05, 0.1) is 12.2 Å². The molecule has 0 aromatic rings. The van der Waals surface area contributed by atoms with E-state index in [0.717, 1.165) is 12.8 Å². The summed E-state index contributed by atoms with van der Waals surface area (Å²) in [5.41, 5.74) is 0. The first kappa shape index (κ1) is 14.0. The standard InChI is InChI=1S/C12H21NO4/c1-8-4-5-10(17-8)6-7-11(14)13(3)9(2)12(15)16/h8-10H,4-7H2,1-3H3,(H,15,16). The molecule has 3 atom stereocenters. The molecule has 0 aromatic carbocycles. The number of hydrogen-bond donors (Lipinski definition) is 1. The molecule has 0 aromatic heterocycles. The van der Waals surface area contributed by atoms with Crippen LogP contribution in [-0.2, 0) is 14.3 Å². The highest BCUT2D eigenvalue weighted by atomic mass is 16.5. The first-order valence-corrected chi connectivity index (χ1v) is 6.05. The lowest BCUT2D eigenvalue weighted by Gasteiger charge is -2.22. The van der Waals surface area contributed by atoms with Gasteiger partial charge in [0.2, 0.25) is 5.91 Å². The summed E-state index contributed by atoms with van der Waals surface area (Å²) in [6.45, 7) is 3.54. The smallest absolute Gasteiger partial charge is 0.326 e. The van der Waals surface area contributed by atoms with Gasteiger partial charge in [-0.15, -0.1) is 0 Å². The molecule has 0 bridgehead atoms. The van der Waals surface area contributed by atoms with Crippen molar-refractivity contribution in [3.63, 3.8) is 0 Å². The van der Waals surface area contributed by atoms with Crippen LogP contribution in [0.25, 0.3) is 0 Å². The van der Waals surface area contributed by atoms with Crippen molar-refractivity contribution in [2.24, 2.45) is 0 Å². The van der Waals surface area contributed by atoms with Crippen molar-refractivity contribution in [2.45, 2.75) is 57.8 Å². The number of carboxylic acid groups (broad SMARTS) is 1. The highest BCUT2D eigenvalue weighted by Gasteiger charge is 2.25. The number of carbonyl (C=O) groups is 2. The number of carboxylic acids is 1. The molecule has 98 valence electrons. The lowest BCUT2D eigenvalue weighted by Crippen LogP contribution is -2.40. The largest absolute Gasteiger partial charge is 0.480 e. The summed E-state index contributed by atoms with van der Waals surface area (Å²) in [6.07, 6.45) is 3.51. The number of amides is 1. The van der Waals surface area contributed by atoms with Crippen LogP contribution in [0.5, 0.6) is 0 Å². The number of aliphatic carboxylic acids is 1. The molecule has 5 heteroatoms. The molecule has 3 unspecified atom stereocenters. The monoisotopic (exact) mass is 243 g/mol. The second kappa shape index (κ2) is 6.00. The molecule has 1 saturated heterocycles. The van der Waals surface area contributed by atoms with Crippen LogP contribution in [0.2, 0.25) is 0 Å². The second-order valence-corrected chi connectivity index (χ2v) is 4.70. The lowest BCUT2D eigenvalue weighted by atomic mass is 10.1. The molecule has 1 aliphatic heterocycles. The molecule has 17 heavy (non-hydrogen) atoms. The summed E-state index contributed by atoms with van der Waals surface area (Å²) in [5.74, 6) is -1.12. The predicted molar refractivity (Wildman–Crippen MR) is 62.7 cm³/mol. The maximum atomic E-state index is 11.7. The van der Waals surface area contributed by atoms with Crippen LogP contribution < -0.4 is 0 Å². The minimum Gasteiger partial charge on any atom is -0.480 e. The van der Waals surface area contributed by atoms with Crippen LogP contribution in [0.4, 0.5) is 0 Å². The van der Waals surface area contributed by atoms with Crippen LogP contribution in [0.1, 0.15) is 39.5 Å². The van der Waals surface area contributed by atoms with Crippen LogP contribution >= 0.6 is 0 Å². The van der Waals surface area contributed by atoms with Crippen LogP contribution in [-0.4, -0.2) is 47.2 Å². The van der Waals surface area contributed by atoms with E-state index in [1.54, 1.807) is 0 Å². The van der Waals surface area contributed by atoms with E-state index in [-0.39, 0.29) is 18.1 Å². The van der Waals surface area contributed by atoms with Crippen molar-refractivity contribution >= 4 is 11.9 Å². The number of likely N-dealkylation sites (N-methyl/N-ethyl adjacent to an activating group) is 1. The summed E-state index contributed by atoms with van der Waals surface area (Å²) in [7, 11) is 1.53. The van der Waals surface area contributed by atoms with Gasteiger partial charge in [-0.3, -0.25) is 4.79 Å². The van der Waals surface area contributed by atoms with Crippen molar-refractivity contribution in [3.05, 3.63) is 0 Å². The van der Waals surface area contributed by atoms with Gasteiger partial charge in [-0.05, 0) is 33.1 Å². The minimum absolute atomic E-state index is 0.136. The third kappa shape index (κ3) is 4.00. The van der Waals surface area contributed by atoms with E-state index in [9.17, 15) is 9.59 Å². The van der Waals surface area contributed by atoms with E-state index in [1.807, 2.05) is 6.92 Å². The highest BCUT2D eigenvalue weighted by Crippen LogP contribution is 2.22. The van der Waals surface area contributed by atoms with Crippen LogP contribution in [0.3, 0.4) is 0 Å². The van der Waals surface area contributed by atoms with Crippen molar-refractivity contribution in [3.8, 4) is 0 Å². The fourth-order valence-electron chi connectivity index (χ4n) is 1.94. The fourth-order valence-corrected chi connectivity index (χ4v) is 1.94. The summed E-state index contributed by atoms with van der Waals surface area (Å²) in [6, 6.07) is -0.772. The van der Waals surface area contributed by atoms with Crippen molar-refractivity contribution < 1.29 is 19.4 Å². The van der Waals surface area contributed by atoms with Gasteiger partial charge in [-0.25, -0.2) is 4.79 Å². The molecule has 1 rings (SSSR count). The van der Waals surface area contributed by atoms with E-state index in [1.165, 1.54) is 18.9 Å². The van der Waals surface area contributed by atoms with Gasteiger partial charge in [0.1, 0.15) is 6.04 Å². The molecule has 0 saturated carbocycles. The maximum Gasteiger partial charge on any atom is 0.326 e. The van der Waals surface area contributed by atoms with Gasteiger partial charge >= 0.3 is 5.97 Å². The molecule has 1 heterocycles. The first-order chi connectivity index (χ1) is 7.91. The second-order valence-electron chi connectivity index (χ2n) is 4.70. The fraction of sp³-hybridized carbons (Fsp3) is 0.833. The van der Waals surface area contributed by atoms with Crippen molar-refractivity contribution in [1.82, 2.24) is 4.90 Å². The van der Waals surface area contributed by atoms with Gasteiger partial charge in [-0.1, -0.05) is 0 Å². The SMILES string of the molecule is CC1CCC(CCC(=O)N(C)C(C)C(=O)O)O1. The molecule has 1 N–H and O–H groups in total. The van der Waals surface area contributed by atoms with Crippen LogP contribution in [0, 0.1) is 0 Å². The van der Waals surface area contributed by atoms with E-state index >= 15 is 0 Å². The predicted octanol–water partition coefficient (Wildman–Crippen LogP) is 1.27. The van der Waals surface area contributed by atoms with Gasteiger partial charge in [0.25, 0.3) is 0 Å². The number of carbonyl (C=O) groups excluding carboxylic acids is 1. The van der Waals surface area contributed by atoms with Gasteiger partial charge in [0, 0.05) is 13.5 Å². The molecular formula is C12H21NO4. The Morgan fingerprint density at radius 3 is 2.59 bits per heavy atom. The summed E-state index contributed by atoms with van der Waals surface area (Å²) in [5, 5.41) is 8.80. The maximum absolute atomic E-state index is 11.7. The third-order valence-electron chi connectivity index (χ3n) is 3.33. The van der Waals surface area contributed by atoms with Crippen molar-refractivity contribution in [1.29, 1.82) is 0 Å². The Bertz CT molecular complexity index is 292. The molecule has 0 radical (unpaired) electrons. The Hall–Kier alpha value is -1.10. The van der Waals surface area contributed by atoms with Gasteiger partial charge in [-0.2, -0.15) is 0 Å². The Kier molecular flexibility index (Phi) is 4.93. The summed E-state index contributed by atoms with van der Waals surface area (Å²) < 4.78 is 5.61.